The summed E-state index contributed by atoms with van der Waals surface area (Å²) in [6, 6.07) is 0.101. The van der Waals surface area contributed by atoms with Crippen molar-refractivity contribution in [2.75, 3.05) is 13.1 Å². The second kappa shape index (κ2) is 5.12. The van der Waals surface area contributed by atoms with Crippen LogP contribution in [0, 0.1) is 11.8 Å². The average Bonchev–Trinajstić information content (AvgIpc) is 2.35. The number of amides is 2. The van der Waals surface area contributed by atoms with Gasteiger partial charge in [-0.05, 0) is 32.6 Å². The number of carbonyl (C=O) groups is 2. The monoisotopic (exact) mass is 267 g/mol. The van der Waals surface area contributed by atoms with Crippen LogP contribution in [0.25, 0.3) is 0 Å². The molecule has 0 aromatic carbocycles. The van der Waals surface area contributed by atoms with Crippen LogP contribution in [0.4, 0.5) is 0 Å². The van der Waals surface area contributed by atoms with Gasteiger partial charge in [0.15, 0.2) is 0 Å². The topological polar surface area (TPSA) is 75.4 Å². The Bertz CT molecular complexity index is 381. The van der Waals surface area contributed by atoms with Gasteiger partial charge in [0.2, 0.25) is 11.8 Å². The van der Waals surface area contributed by atoms with Crippen molar-refractivity contribution < 1.29 is 9.59 Å². The van der Waals surface area contributed by atoms with Gasteiger partial charge in [-0.15, -0.1) is 0 Å². The maximum absolute atomic E-state index is 12.8. The summed E-state index contributed by atoms with van der Waals surface area (Å²) in [5.74, 6) is 0.193. The van der Waals surface area contributed by atoms with E-state index >= 15 is 0 Å². The Morgan fingerprint density at radius 3 is 2.79 bits per heavy atom. The van der Waals surface area contributed by atoms with E-state index in [0.29, 0.717) is 13.1 Å². The van der Waals surface area contributed by atoms with Crippen LogP contribution in [0.5, 0.6) is 0 Å². The Labute approximate surface area is 114 Å². The van der Waals surface area contributed by atoms with Crippen LogP contribution in [0.15, 0.2) is 0 Å². The first-order chi connectivity index (χ1) is 8.85. The Kier molecular flexibility index (Phi) is 3.85. The zero-order valence-corrected chi connectivity index (χ0v) is 12.1. The fraction of sp³-hybridized carbons (Fsp3) is 0.857. The lowest BCUT2D eigenvalue weighted by molar-refractivity contribution is -0.154. The molecule has 5 nitrogen and oxygen atoms in total. The van der Waals surface area contributed by atoms with Crippen LogP contribution >= 0.6 is 0 Å². The molecule has 3 N–H and O–H groups in total. The lowest BCUT2D eigenvalue weighted by Crippen LogP contribution is -2.65. The van der Waals surface area contributed by atoms with Crippen LogP contribution in [-0.2, 0) is 9.59 Å². The molecule has 0 aromatic heterocycles. The molecule has 2 rings (SSSR count). The number of nitrogens with two attached hydrogens (primary N) is 1. The third-order valence-corrected chi connectivity index (χ3v) is 4.80. The molecule has 2 amide bonds. The highest BCUT2D eigenvalue weighted by Crippen LogP contribution is 2.32. The molecule has 2 aliphatic rings. The van der Waals surface area contributed by atoms with Crippen LogP contribution in [0.3, 0.4) is 0 Å². The highest BCUT2D eigenvalue weighted by molar-refractivity contribution is 5.92. The number of nitrogens with one attached hydrogen (secondary N) is 1. The SMILES string of the molecule is CC1C(N)CCCC1C(=O)N1CCNC(=O)C1(C)C. The molecule has 3 unspecified atom stereocenters. The molecule has 108 valence electrons. The molecule has 1 aliphatic carbocycles. The lowest BCUT2D eigenvalue weighted by Gasteiger charge is -2.45. The predicted molar refractivity (Wildman–Crippen MR) is 73.3 cm³/mol. The highest BCUT2D eigenvalue weighted by atomic mass is 16.2. The zero-order chi connectivity index (χ0) is 14.2. The van der Waals surface area contributed by atoms with Crippen LogP contribution in [0.1, 0.15) is 40.0 Å². The van der Waals surface area contributed by atoms with E-state index in [0.717, 1.165) is 19.3 Å². The van der Waals surface area contributed by atoms with E-state index in [-0.39, 0.29) is 29.7 Å². The average molecular weight is 267 g/mol. The predicted octanol–water partition coefficient (Wildman–Crippen LogP) is 0.487. The normalized spacial score (nSPS) is 34.8. The van der Waals surface area contributed by atoms with Crippen molar-refractivity contribution in [2.24, 2.45) is 17.6 Å². The summed E-state index contributed by atoms with van der Waals surface area (Å²) < 4.78 is 0. The van der Waals surface area contributed by atoms with Gasteiger partial charge in [-0.25, -0.2) is 0 Å². The molecular formula is C14H25N3O2. The highest BCUT2D eigenvalue weighted by Gasteiger charge is 2.44. The summed E-state index contributed by atoms with van der Waals surface area (Å²) in [6.07, 6.45) is 2.89. The van der Waals surface area contributed by atoms with E-state index in [4.69, 9.17) is 5.73 Å². The minimum atomic E-state index is -0.753. The second-order valence-corrected chi connectivity index (χ2v) is 6.37. The number of carbonyl (C=O) groups excluding carboxylic acids is 2. The fourth-order valence-electron chi connectivity index (χ4n) is 3.23. The quantitative estimate of drug-likeness (QED) is 0.726. The van der Waals surface area contributed by atoms with E-state index in [2.05, 4.69) is 12.2 Å². The van der Waals surface area contributed by atoms with E-state index in [9.17, 15) is 9.59 Å². The van der Waals surface area contributed by atoms with Gasteiger partial charge in [0.25, 0.3) is 0 Å². The molecule has 19 heavy (non-hydrogen) atoms. The van der Waals surface area contributed by atoms with Crippen LogP contribution < -0.4 is 11.1 Å². The third-order valence-electron chi connectivity index (χ3n) is 4.80. The molecule has 1 saturated heterocycles. The molecule has 3 atom stereocenters. The van der Waals surface area contributed by atoms with Gasteiger partial charge in [0.1, 0.15) is 5.54 Å². The van der Waals surface area contributed by atoms with Gasteiger partial charge >= 0.3 is 0 Å². The summed E-state index contributed by atoms with van der Waals surface area (Å²) in [7, 11) is 0. The van der Waals surface area contributed by atoms with Crippen molar-refractivity contribution in [3.8, 4) is 0 Å². The van der Waals surface area contributed by atoms with Crippen molar-refractivity contribution in [1.29, 1.82) is 0 Å². The summed E-state index contributed by atoms with van der Waals surface area (Å²) in [5.41, 5.74) is 5.33. The first-order valence-corrected chi connectivity index (χ1v) is 7.21. The molecule has 2 fully saturated rings. The molecule has 0 aromatic rings. The van der Waals surface area contributed by atoms with Gasteiger partial charge in [0, 0.05) is 25.0 Å². The maximum atomic E-state index is 12.8. The van der Waals surface area contributed by atoms with Crippen molar-refractivity contribution >= 4 is 11.8 Å². The molecule has 0 radical (unpaired) electrons. The van der Waals surface area contributed by atoms with Crippen molar-refractivity contribution in [3.63, 3.8) is 0 Å². The number of hydrogen-bond acceptors (Lipinski definition) is 3. The minimum Gasteiger partial charge on any atom is -0.352 e. The van der Waals surface area contributed by atoms with Crippen molar-refractivity contribution in [3.05, 3.63) is 0 Å². The lowest BCUT2D eigenvalue weighted by atomic mass is 9.76. The number of rotatable bonds is 1. The largest absolute Gasteiger partial charge is 0.352 e. The standard InChI is InChI=1S/C14H25N3O2/c1-9-10(5-4-6-11(9)15)12(18)17-8-7-16-13(19)14(17,2)3/h9-11H,4-8,15H2,1-3H3,(H,16,19). The number of nitrogens with zero attached hydrogens (tertiary/aromatic N) is 1. The van der Waals surface area contributed by atoms with Crippen LogP contribution in [0.2, 0.25) is 0 Å². The van der Waals surface area contributed by atoms with Gasteiger partial charge in [0.05, 0.1) is 0 Å². The van der Waals surface area contributed by atoms with Gasteiger partial charge < -0.3 is 16.0 Å². The van der Waals surface area contributed by atoms with E-state index in [1.807, 2.05) is 13.8 Å². The van der Waals surface area contributed by atoms with Gasteiger partial charge in [-0.2, -0.15) is 0 Å². The van der Waals surface area contributed by atoms with E-state index in [1.165, 1.54) is 0 Å². The second-order valence-electron chi connectivity index (χ2n) is 6.37. The Morgan fingerprint density at radius 2 is 2.11 bits per heavy atom. The molecule has 1 heterocycles. The third kappa shape index (κ3) is 2.48. The van der Waals surface area contributed by atoms with E-state index in [1.54, 1.807) is 4.90 Å². The fourth-order valence-corrected chi connectivity index (χ4v) is 3.23. The summed E-state index contributed by atoms with van der Waals surface area (Å²) >= 11 is 0. The number of hydrogen-bond donors (Lipinski definition) is 2. The van der Waals surface area contributed by atoms with Crippen molar-refractivity contribution in [2.45, 2.75) is 51.6 Å². The zero-order valence-electron chi connectivity index (χ0n) is 12.1. The number of piperazine rings is 1. The molecular weight excluding hydrogens is 242 g/mol. The molecule has 1 saturated carbocycles. The Hall–Kier alpha value is -1.10. The summed E-state index contributed by atoms with van der Waals surface area (Å²) in [4.78, 5) is 26.4. The van der Waals surface area contributed by atoms with E-state index < -0.39 is 5.54 Å². The minimum absolute atomic E-state index is 0.0334. The van der Waals surface area contributed by atoms with Gasteiger partial charge in [-0.3, -0.25) is 9.59 Å². The first-order valence-electron chi connectivity index (χ1n) is 7.21. The molecule has 1 aliphatic heterocycles. The smallest absolute Gasteiger partial charge is 0.245 e. The van der Waals surface area contributed by atoms with Crippen molar-refractivity contribution in [1.82, 2.24) is 10.2 Å². The van der Waals surface area contributed by atoms with Crippen LogP contribution in [-0.4, -0.2) is 41.4 Å². The molecule has 0 bridgehead atoms. The molecule has 5 heteroatoms. The molecule has 0 spiro atoms. The first kappa shape index (κ1) is 14.3. The maximum Gasteiger partial charge on any atom is 0.245 e. The Balaban J connectivity index is 2.16. The summed E-state index contributed by atoms with van der Waals surface area (Å²) in [5, 5.41) is 2.82. The summed E-state index contributed by atoms with van der Waals surface area (Å²) in [6.45, 7) is 6.82. The Morgan fingerprint density at radius 1 is 1.42 bits per heavy atom. The van der Waals surface area contributed by atoms with Gasteiger partial charge in [-0.1, -0.05) is 13.3 Å².